The van der Waals surface area contributed by atoms with Crippen LogP contribution >= 0.6 is 0 Å². The van der Waals surface area contributed by atoms with E-state index in [0.29, 0.717) is 6.61 Å². The third kappa shape index (κ3) is 2.61. The molecule has 1 aromatic carbocycles. The minimum atomic E-state index is -0.189. The second-order valence-electron chi connectivity index (χ2n) is 4.78. The first-order valence-corrected chi connectivity index (χ1v) is 6.41. The molecule has 3 atom stereocenters. The lowest BCUT2D eigenvalue weighted by Gasteiger charge is -2.09. The summed E-state index contributed by atoms with van der Waals surface area (Å²) in [6.07, 6.45) is 0.799. The summed E-state index contributed by atoms with van der Waals surface area (Å²) in [5, 5.41) is 0. The Kier molecular flexibility index (Phi) is 3.80. The number of benzene rings is 1. The maximum absolute atomic E-state index is 12.2. The van der Waals surface area contributed by atoms with Crippen LogP contribution in [0, 0.1) is 17.8 Å². The van der Waals surface area contributed by atoms with Crippen molar-refractivity contribution >= 4 is 11.8 Å². The minimum Gasteiger partial charge on any atom is -0.466 e. The lowest BCUT2D eigenvalue weighted by atomic mass is 10.0. The molecule has 1 aliphatic carbocycles. The van der Waals surface area contributed by atoms with Crippen LogP contribution < -0.4 is 0 Å². The SMILES string of the molecule is CCOC(=O)C(C)[C@@H]1C[C@H]1C(=O)c1ccccc1. The molecule has 18 heavy (non-hydrogen) atoms. The number of esters is 1. The predicted molar refractivity (Wildman–Crippen MR) is 68.2 cm³/mol. The lowest BCUT2D eigenvalue weighted by molar-refractivity contribution is -0.148. The third-order valence-corrected chi connectivity index (χ3v) is 3.54. The molecular weight excluding hydrogens is 228 g/mol. The number of hydrogen-bond donors (Lipinski definition) is 0. The van der Waals surface area contributed by atoms with Gasteiger partial charge in [-0.1, -0.05) is 37.3 Å². The number of carbonyl (C=O) groups is 2. The number of rotatable bonds is 5. The van der Waals surface area contributed by atoms with Gasteiger partial charge in [0.05, 0.1) is 12.5 Å². The second-order valence-corrected chi connectivity index (χ2v) is 4.78. The Morgan fingerprint density at radius 3 is 2.61 bits per heavy atom. The van der Waals surface area contributed by atoms with Gasteiger partial charge in [0.25, 0.3) is 0 Å². The molecule has 0 aromatic heterocycles. The highest BCUT2D eigenvalue weighted by Crippen LogP contribution is 2.46. The van der Waals surface area contributed by atoms with E-state index in [-0.39, 0.29) is 29.5 Å². The molecule has 0 spiro atoms. The minimum absolute atomic E-state index is 0.00759. The molecule has 0 radical (unpaired) electrons. The first kappa shape index (κ1) is 12.8. The fourth-order valence-corrected chi connectivity index (χ4v) is 2.33. The molecule has 0 amide bonds. The van der Waals surface area contributed by atoms with Gasteiger partial charge in [-0.05, 0) is 19.3 Å². The van der Waals surface area contributed by atoms with Crippen LogP contribution in [-0.2, 0) is 9.53 Å². The van der Waals surface area contributed by atoms with Crippen molar-refractivity contribution in [2.45, 2.75) is 20.3 Å². The molecule has 1 unspecified atom stereocenters. The average Bonchev–Trinajstić information content (AvgIpc) is 3.18. The van der Waals surface area contributed by atoms with Crippen LogP contribution in [0.2, 0.25) is 0 Å². The van der Waals surface area contributed by atoms with Gasteiger partial charge in [-0.3, -0.25) is 9.59 Å². The van der Waals surface area contributed by atoms with Gasteiger partial charge < -0.3 is 4.74 Å². The summed E-state index contributed by atoms with van der Waals surface area (Å²) < 4.78 is 4.99. The van der Waals surface area contributed by atoms with Crippen molar-refractivity contribution in [1.82, 2.24) is 0 Å². The van der Waals surface area contributed by atoms with Gasteiger partial charge in [-0.15, -0.1) is 0 Å². The van der Waals surface area contributed by atoms with Crippen molar-refractivity contribution in [2.24, 2.45) is 17.8 Å². The highest BCUT2D eigenvalue weighted by Gasteiger charge is 2.48. The molecular formula is C15H18O3. The number of ketones is 1. The van der Waals surface area contributed by atoms with Crippen molar-refractivity contribution < 1.29 is 14.3 Å². The van der Waals surface area contributed by atoms with E-state index in [9.17, 15) is 9.59 Å². The largest absolute Gasteiger partial charge is 0.466 e. The van der Waals surface area contributed by atoms with Crippen LogP contribution in [0.4, 0.5) is 0 Å². The maximum atomic E-state index is 12.2. The van der Waals surface area contributed by atoms with Crippen molar-refractivity contribution in [3.8, 4) is 0 Å². The highest BCUT2D eigenvalue weighted by molar-refractivity contribution is 6.00. The number of ether oxygens (including phenoxy) is 1. The summed E-state index contributed by atoms with van der Waals surface area (Å²) in [6.45, 7) is 4.04. The Balaban J connectivity index is 1.95. The van der Waals surface area contributed by atoms with Crippen LogP contribution in [0.25, 0.3) is 0 Å². The Labute approximate surface area is 107 Å². The van der Waals surface area contributed by atoms with E-state index >= 15 is 0 Å². The number of hydrogen-bond acceptors (Lipinski definition) is 3. The van der Waals surface area contributed by atoms with E-state index in [1.165, 1.54) is 0 Å². The summed E-state index contributed by atoms with van der Waals surface area (Å²) in [6, 6.07) is 9.26. The summed E-state index contributed by atoms with van der Waals surface area (Å²) in [4.78, 5) is 23.7. The second kappa shape index (κ2) is 5.34. The quantitative estimate of drug-likeness (QED) is 0.592. The van der Waals surface area contributed by atoms with Crippen molar-refractivity contribution in [3.63, 3.8) is 0 Å². The fraction of sp³-hybridized carbons (Fsp3) is 0.467. The van der Waals surface area contributed by atoms with Crippen LogP contribution in [-0.4, -0.2) is 18.4 Å². The van der Waals surface area contributed by atoms with Gasteiger partial charge in [-0.2, -0.15) is 0 Å². The Morgan fingerprint density at radius 2 is 2.00 bits per heavy atom. The molecule has 0 saturated heterocycles. The van der Waals surface area contributed by atoms with Crippen LogP contribution in [0.15, 0.2) is 30.3 Å². The third-order valence-electron chi connectivity index (χ3n) is 3.54. The van der Waals surface area contributed by atoms with E-state index in [0.717, 1.165) is 12.0 Å². The Morgan fingerprint density at radius 1 is 1.33 bits per heavy atom. The molecule has 0 bridgehead atoms. The summed E-state index contributed by atoms with van der Waals surface area (Å²) in [7, 11) is 0. The first-order chi connectivity index (χ1) is 8.65. The zero-order valence-corrected chi connectivity index (χ0v) is 10.8. The molecule has 3 nitrogen and oxygen atoms in total. The van der Waals surface area contributed by atoms with Crippen LogP contribution in [0.3, 0.4) is 0 Å². The Hall–Kier alpha value is -1.64. The van der Waals surface area contributed by atoms with Gasteiger partial charge in [0.2, 0.25) is 0 Å². The predicted octanol–water partition coefficient (Wildman–Crippen LogP) is 2.70. The van der Waals surface area contributed by atoms with Gasteiger partial charge in [0.1, 0.15) is 0 Å². The standard InChI is InChI=1S/C15H18O3/c1-3-18-15(17)10(2)12-9-13(12)14(16)11-7-5-4-6-8-11/h4-8,10,12-13H,3,9H2,1-2H3/t10?,12-,13+/m0/s1. The Bertz CT molecular complexity index is 438. The normalized spacial score (nSPS) is 23.2. The van der Waals surface area contributed by atoms with Gasteiger partial charge in [-0.25, -0.2) is 0 Å². The number of carbonyl (C=O) groups excluding carboxylic acids is 2. The monoisotopic (exact) mass is 246 g/mol. The molecule has 1 fully saturated rings. The molecule has 0 N–H and O–H groups in total. The maximum Gasteiger partial charge on any atom is 0.308 e. The summed E-state index contributed by atoms with van der Waals surface area (Å²) >= 11 is 0. The van der Waals surface area contributed by atoms with Crippen LogP contribution in [0.1, 0.15) is 30.6 Å². The average molecular weight is 246 g/mol. The van der Waals surface area contributed by atoms with E-state index in [2.05, 4.69) is 0 Å². The smallest absolute Gasteiger partial charge is 0.308 e. The van der Waals surface area contributed by atoms with Gasteiger partial charge in [0.15, 0.2) is 5.78 Å². The fourth-order valence-electron chi connectivity index (χ4n) is 2.33. The molecule has 2 rings (SSSR count). The van der Waals surface area contributed by atoms with Crippen molar-refractivity contribution in [3.05, 3.63) is 35.9 Å². The molecule has 96 valence electrons. The van der Waals surface area contributed by atoms with Crippen molar-refractivity contribution in [2.75, 3.05) is 6.61 Å². The zero-order valence-electron chi connectivity index (χ0n) is 10.8. The highest BCUT2D eigenvalue weighted by atomic mass is 16.5. The topological polar surface area (TPSA) is 43.4 Å². The molecule has 1 saturated carbocycles. The lowest BCUT2D eigenvalue weighted by Crippen LogP contribution is -2.18. The number of Topliss-reactive ketones (excluding diaryl/α,β-unsaturated/α-hetero) is 1. The molecule has 0 heterocycles. The zero-order chi connectivity index (χ0) is 13.1. The van der Waals surface area contributed by atoms with Crippen molar-refractivity contribution in [1.29, 1.82) is 0 Å². The van der Waals surface area contributed by atoms with E-state index in [4.69, 9.17) is 4.74 Å². The summed E-state index contributed by atoms with van der Waals surface area (Å²) in [5.41, 5.74) is 0.737. The molecule has 1 aromatic rings. The van der Waals surface area contributed by atoms with E-state index in [1.807, 2.05) is 37.3 Å². The van der Waals surface area contributed by atoms with Gasteiger partial charge >= 0.3 is 5.97 Å². The summed E-state index contributed by atoms with van der Waals surface area (Å²) in [5.74, 6) is -0.0752. The molecule has 1 aliphatic rings. The van der Waals surface area contributed by atoms with E-state index < -0.39 is 0 Å². The van der Waals surface area contributed by atoms with Gasteiger partial charge in [0, 0.05) is 11.5 Å². The molecule has 3 heteroatoms. The first-order valence-electron chi connectivity index (χ1n) is 6.41. The molecule has 0 aliphatic heterocycles. The van der Waals surface area contributed by atoms with E-state index in [1.54, 1.807) is 6.92 Å². The van der Waals surface area contributed by atoms with Crippen LogP contribution in [0.5, 0.6) is 0 Å².